The molecule has 0 fully saturated rings. The van der Waals surface area contributed by atoms with Crippen LogP contribution in [0, 0.1) is 5.92 Å². The van der Waals surface area contributed by atoms with E-state index < -0.39 is 0 Å². The molecular formula is C69H62N20O4S. The minimum absolute atomic E-state index is 0.0294. The van der Waals surface area contributed by atoms with E-state index in [0.717, 1.165) is 168 Å². The highest BCUT2D eigenvalue weighted by Gasteiger charge is 2.24. The Kier molecular flexibility index (Phi) is 18.3. The number of nitrogens with one attached hydrogen (secondary N) is 8. The van der Waals surface area contributed by atoms with E-state index in [1.807, 2.05) is 104 Å². The standard InChI is InChI=1S/C18H17N5O.C17H15N5O2.C17H15N5O.C17H15N5S/c1-11-9-16(24)22-23-17(11)12-5-7-13(8-6-12)21-18-14-3-2-4-15(14)19-10-20-18;23-15-8-10(4-5-11(15)14-6-7-16(24)22-21-14)20-17-12-2-1-3-13(12)18-9-19-17;2*23-16-9-8-14(21-22-16)11-4-6-12(7-5-11)20-17-13-2-1-3-15(13)18-10-19-17/h2,4-8,10-11H,3,9H2,1H3,(H,22,24)(H,19,20,21);1,3-5,8-9,23H,2,6-7H2,(H,22,24)(H,18,19,20);2*1,3-7,10H,2,8-9H2,(H,22,23)(H,18,19,20). The monoisotopic (exact) mass is 1270 g/mol. The van der Waals surface area contributed by atoms with Gasteiger partial charge < -0.3 is 26.4 Å². The van der Waals surface area contributed by atoms with Crippen molar-refractivity contribution in [2.24, 2.45) is 26.3 Å². The first kappa shape index (κ1) is 61.0. The van der Waals surface area contributed by atoms with Crippen LogP contribution in [0.4, 0.5) is 46.0 Å². The van der Waals surface area contributed by atoms with Gasteiger partial charge in [0.15, 0.2) is 0 Å². The van der Waals surface area contributed by atoms with Crippen molar-refractivity contribution in [1.29, 1.82) is 0 Å². The second-order valence-electron chi connectivity index (χ2n) is 22.7. The topological polar surface area (TPSA) is 320 Å². The van der Waals surface area contributed by atoms with Crippen molar-refractivity contribution in [1.82, 2.24) is 61.6 Å². The first-order chi connectivity index (χ1) is 46.0. The van der Waals surface area contributed by atoms with Gasteiger partial charge in [-0.1, -0.05) is 79.8 Å². The van der Waals surface area contributed by atoms with Gasteiger partial charge in [0.25, 0.3) is 0 Å². The van der Waals surface area contributed by atoms with Crippen LogP contribution >= 0.6 is 12.2 Å². The van der Waals surface area contributed by atoms with E-state index in [1.54, 1.807) is 31.1 Å². The molecule has 1 atom stereocenters. The van der Waals surface area contributed by atoms with Crippen LogP contribution in [0.3, 0.4) is 0 Å². The Morgan fingerprint density at radius 3 is 1.17 bits per heavy atom. The summed E-state index contributed by atoms with van der Waals surface area (Å²) in [6.45, 7) is 2.01. The minimum atomic E-state index is -0.109. The van der Waals surface area contributed by atoms with Crippen molar-refractivity contribution in [3.63, 3.8) is 0 Å². The van der Waals surface area contributed by atoms with E-state index in [1.165, 1.54) is 6.33 Å². The summed E-state index contributed by atoms with van der Waals surface area (Å²) in [4.78, 5) is 68.8. The minimum Gasteiger partial charge on any atom is -0.507 e. The number of hydrogen-bond acceptors (Lipinski definition) is 21. The fraction of sp³-hybridized carbons (Fsp3) is 0.188. The summed E-state index contributed by atoms with van der Waals surface area (Å²) >= 11 is 5.10. The summed E-state index contributed by atoms with van der Waals surface area (Å²) in [6, 6.07) is 29.5. The summed E-state index contributed by atoms with van der Waals surface area (Å²) in [5, 5.41) is 40.2. The molecule has 94 heavy (non-hydrogen) atoms. The Bertz CT molecular complexity index is 4400. The predicted molar refractivity (Wildman–Crippen MR) is 367 cm³/mol. The normalized spacial score (nSPS) is 16.5. The third kappa shape index (κ3) is 14.5. The van der Waals surface area contributed by atoms with Gasteiger partial charge in [-0.25, -0.2) is 56.1 Å². The Balaban J connectivity index is 0.000000114. The summed E-state index contributed by atoms with van der Waals surface area (Å²) in [7, 11) is 0. The van der Waals surface area contributed by atoms with Crippen LogP contribution in [0.25, 0.3) is 24.3 Å². The number of aromatic nitrogens is 8. The maximum Gasteiger partial charge on any atom is 0.240 e. The predicted octanol–water partition coefficient (Wildman–Crippen LogP) is 10.4. The van der Waals surface area contributed by atoms with Gasteiger partial charge in [0.2, 0.25) is 17.7 Å². The average Bonchev–Trinajstić information content (AvgIpc) is 2.12. The van der Waals surface area contributed by atoms with E-state index in [0.29, 0.717) is 43.4 Å². The molecule has 0 saturated heterocycles. The number of fused-ring (bicyclic) bond motifs is 4. The highest BCUT2D eigenvalue weighted by Crippen LogP contribution is 2.33. The molecule has 16 rings (SSSR count). The Morgan fingerprint density at radius 1 is 0.415 bits per heavy atom. The fourth-order valence-corrected chi connectivity index (χ4v) is 11.5. The van der Waals surface area contributed by atoms with E-state index in [9.17, 15) is 19.5 Å². The number of aromatic hydroxyl groups is 1. The second-order valence-corrected chi connectivity index (χ2v) is 23.1. The Hall–Kier alpha value is -11.9. The molecule has 4 aromatic carbocycles. The van der Waals surface area contributed by atoms with E-state index in [-0.39, 0.29) is 29.4 Å². The van der Waals surface area contributed by atoms with E-state index >= 15 is 0 Å². The smallest absolute Gasteiger partial charge is 0.240 e. The molecular weight excluding hydrogens is 1200 g/mol. The van der Waals surface area contributed by atoms with Crippen LogP contribution in [-0.2, 0) is 40.1 Å². The molecule has 8 heterocycles. The largest absolute Gasteiger partial charge is 0.507 e. The Labute approximate surface area is 545 Å². The number of nitrogens with zero attached hydrogens (tertiary/aromatic N) is 12. The molecule has 4 aromatic heterocycles. The van der Waals surface area contributed by atoms with Crippen LogP contribution in [0.15, 0.2) is 161 Å². The number of amides is 3. The highest BCUT2D eigenvalue weighted by molar-refractivity contribution is 7.80. The van der Waals surface area contributed by atoms with Crippen LogP contribution in [0.1, 0.15) is 119 Å². The number of thiocarbonyl (C=S) groups is 1. The molecule has 8 aromatic rings. The van der Waals surface area contributed by atoms with Gasteiger partial charge >= 0.3 is 0 Å². The lowest BCUT2D eigenvalue weighted by Crippen LogP contribution is -2.31. The van der Waals surface area contributed by atoms with Crippen molar-refractivity contribution in [2.45, 2.75) is 77.6 Å². The number of allylic oxidation sites excluding steroid dienone is 4. The zero-order valence-corrected chi connectivity index (χ0v) is 51.7. The quantitative estimate of drug-likeness (QED) is 0.0513. The number of anilines is 8. The lowest BCUT2D eigenvalue weighted by molar-refractivity contribution is -0.122. The summed E-state index contributed by atoms with van der Waals surface area (Å²) in [5.74, 6) is 3.35. The number of hydrogen-bond donors (Lipinski definition) is 9. The van der Waals surface area contributed by atoms with Crippen LogP contribution in [-0.4, -0.2) is 90.5 Å². The SMILES string of the molecule is CC1CC(=O)NN=C1c1ccc(Nc2ncnc3c2CC=C3)cc1.O=C1CCC(c2ccc(Nc3ncnc4c3CC=C4)cc2)=NN1.O=C1CCC(c2ccc(Nc3ncnc4c3CC=C4)cc2O)=NN1.S=C1CCC(c2ccc(Nc3ncnc4c3CC=C4)cc2)=NN1. The van der Waals surface area contributed by atoms with Gasteiger partial charge in [-0.3, -0.25) is 19.8 Å². The number of rotatable bonds is 12. The van der Waals surface area contributed by atoms with Crippen molar-refractivity contribution in [2.75, 3.05) is 21.3 Å². The number of benzene rings is 4. The summed E-state index contributed by atoms with van der Waals surface area (Å²) in [6.07, 6.45) is 30.2. The van der Waals surface area contributed by atoms with Crippen LogP contribution in [0.5, 0.6) is 5.75 Å². The molecule has 25 heteroatoms. The molecule has 0 radical (unpaired) electrons. The van der Waals surface area contributed by atoms with Gasteiger partial charge in [0.1, 0.15) is 54.3 Å². The van der Waals surface area contributed by atoms with Gasteiger partial charge in [-0.2, -0.15) is 20.4 Å². The third-order valence-electron chi connectivity index (χ3n) is 16.3. The maximum atomic E-state index is 11.4. The molecule has 0 bridgehead atoms. The first-order valence-corrected chi connectivity index (χ1v) is 31.1. The molecule has 0 saturated carbocycles. The molecule has 1 unspecified atom stereocenters. The zero-order chi connectivity index (χ0) is 64.3. The number of hydrazone groups is 4. The van der Waals surface area contributed by atoms with Gasteiger partial charge in [0, 0.05) is 101 Å². The zero-order valence-electron chi connectivity index (χ0n) is 50.9. The molecule has 8 aliphatic rings. The van der Waals surface area contributed by atoms with Crippen LogP contribution < -0.4 is 43.0 Å². The Morgan fingerprint density at radius 2 is 0.787 bits per heavy atom. The lowest BCUT2D eigenvalue weighted by atomic mass is 9.94. The lowest BCUT2D eigenvalue weighted by Gasteiger charge is -2.19. The average molecular weight is 1270 g/mol. The first-order valence-electron chi connectivity index (χ1n) is 30.7. The van der Waals surface area contributed by atoms with Crippen molar-refractivity contribution in [3.8, 4) is 5.75 Å². The van der Waals surface area contributed by atoms with Gasteiger partial charge in [0.05, 0.1) is 50.6 Å². The van der Waals surface area contributed by atoms with E-state index in [2.05, 4.69) is 134 Å². The van der Waals surface area contributed by atoms with Crippen LogP contribution in [0.2, 0.25) is 0 Å². The van der Waals surface area contributed by atoms with Gasteiger partial charge in [-0.05, 0) is 122 Å². The summed E-state index contributed by atoms with van der Waals surface area (Å²) < 4.78 is 0. The second kappa shape index (κ2) is 28.1. The molecule has 4 aliphatic carbocycles. The number of carbonyl (C=O) groups excluding carboxylic acids is 3. The third-order valence-corrected chi connectivity index (χ3v) is 16.6. The van der Waals surface area contributed by atoms with Crippen molar-refractivity contribution in [3.05, 3.63) is 208 Å². The fourth-order valence-electron chi connectivity index (χ4n) is 11.3. The molecule has 9 N–H and O–H groups in total. The maximum absolute atomic E-state index is 11.4. The summed E-state index contributed by atoms with van der Waals surface area (Å²) in [5.41, 5.74) is 29.6. The molecule has 24 nitrogen and oxygen atoms in total. The van der Waals surface area contributed by atoms with E-state index in [4.69, 9.17) is 12.2 Å². The number of phenolic OH excluding ortho intramolecular Hbond substituents is 1. The molecule has 3 amide bonds. The molecule has 0 spiro atoms. The van der Waals surface area contributed by atoms with Gasteiger partial charge in [-0.15, -0.1) is 0 Å². The number of carbonyl (C=O) groups is 3. The molecule has 4 aliphatic heterocycles. The highest BCUT2D eigenvalue weighted by atomic mass is 32.1. The molecule has 468 valence electrons. The van der Waals surface area contributed by atoms with Crippen molar-refractivity contribution < 1.29 is 19.5 Å². The number of phenols is 1. The van der Waals surface area contributed by atoms with Crippen molar-refractivity contribution >= 4 is 128 Å².